The lowest BCUT2D eigenvalue weighted by Gasteiger charge is -2.15. The Morgan fingerprint density at radius 1 is 0.941 bits per heavy atom. The van der Waals surface area contributed by atoms with Crippen LogP contribution in [0.4, 0.5) is 17.6 Å². The number of nitrogens with zero attached hydrogens (tertiary/aromatic N) is 3. The summed E-state index contributed by atoms with van der Waals surface area (Å²) in [5.74, 6) is -2.71. The third-order valence-electron chi connectivity index (χ3n) is 5.05. The Labute approximate surface area is 189 Å². The fraction of sp³-hybridized carbons (Fsp3) is 0.0417. The van der Waals surface area contributed by atoms with Gasteiger partial charge in [-0.15, -0.1) is 0 Å². The van der Waals surface area contributed by atoms with Gasteiger partial charge in [0, 0.05) is 11.1 Å². The van der Waals surface area contributed by atoms with Crippen LogP contribution in [0, 0.1) is 17.1 Å². The summed E-state index contributed by atoms with van der Waals surface area (Å²) in [4.78, 5) is 32.6. The fourth-order valence-corrected chi connectivity index (χ4v) is 3.41. The SMILES string of the molecule is N#Cc1cnc2ccc(C(=O)c3cc(-c4cc(C(N)=O)ccc4C(F)(F)F)ccc3F)cc2n1. The van der Waals surface area contributed by atoms with Crippen LogP contribution in [0.25, 0.3) is 22.2 Å². The van der Waals surface area contributed by atoms with Gasteiger partial charge in [0.15, 0.2) is 11.5 Å². The molecule has 0 atom stereocenters. The molecule has 0 spiro atoms. The van der Waals surface area contributed by atoms with Crippen molar-refractivity contribution in [1.82, 2.24) is 9.97 Å². The predicted octanol–water partition coefficient (Wildman–Crippen LogP) is 4.66. The molecule has 168 valence electrons. The number of carbonyl (C=O) groups is 2. The zero-order valence-corrected chi connectivity index (χ0v) is 17.0. The number of nitrogens with two attached hydrogens (primary N) is 1. The second-order valence-corrected chi connectivity index (χ2v) is 7.22. The number of fused-ring (bicyclic) bond motifs is 1. The fourth-order valence-electron chi connectivity index (χ4n) is 3.41. The van der Waals surface area contributed by atoms with E-state index in [1.807, 2.05) is 6.07 Å². The maximum Gasteiger partial charge on any atom is 0.417 e. The summed E-state index contributed by atoms with van der Waals surface area (Å²) < 4.78 is 55.4. The first-order valence-electron chi connectivity index (χ1n) is 9.61. The molecule has 0 bridgehead atoms. The van der Waals surface area contributed by atoms with E-state index in [0.717, 1.165) is 30.3 Å². The van der Waals surface area contributed by atoms with Gasteiger partial charge < -0.3 is 5.73 Å². The number of benzene rings is 3. The molecule has 2 N–H and O–H groups in total. The highest BCUT2D eigenvalue weighted by molar-refractivity contribution is 6.11. The van der Waals surface area contributed by atoms with E-state index in [9.17, 15) is 27.2 Å². The zero-order valence-electron chi connectivity index (χ0n) is 17.0. The molecule has 0 saturated heterocycles. The molecule has 0 radical (unpaired) electrons. The molecule has 0 aliphatic carbocycles. The van der Waals surface area contributed by atoms with Crippen LogP contribution in [0.5, 0.6) is 0 Å². The topological polar surface area (TPSA) is 110 Å². The van der Waals surface area contributed by atoms with E-state index in [4.69, 9.17) is 11.0 Å². The molecule has 4 rings (SSSR count). The number of amides is 1. The van der Waals surface area contributed by atoms with Crippen LogP contribution in [0.2, 0.25) is 0 Å². The van der Waals surface area contributed by atoms with Crippen molar-refractivity contribution in [2.75, 3.05) is 0 Å². The molecule has 1 heterocycles. The first-order valence-corrected chi connectivity index (χ1v) is 9.61. The second-order valence-electron chi connectivity index (χ2n) is 7.22. The predicted molar refractivity (Wildman–Crippen MR) is 113 cm³/mol. The van der Waals surface area contributed by atoms with E-state index in [1.165, 1.54) is 24.4 Å². The Morgan fingerprint density at radius 3 is 2.35 bits per heavy atom. The Morgan fingerprint density at radius 2 is 1.68 bits per heavy atom. The van der Waals surface area contributed by atoms with Gasteiger partial charge in [-0.25, -0.2) is 9.37 Å². The van der Waals surface area contributed by atoms with Crippen molar-refractivity contribution in [3.8, 4) is 17.2 Å². The second kappa shape index (κ2) is 8.37. The van der Waals surface area contributed by atoms with Crippen molar-refractivity contribution in [2.24, 2.45) is 5.73 Å². The molecule has 0 fully saturated rings. The van der Waals surface area contributed by atoms with Crippen molar-refractivity contribution in [2.45, 2.75) is 6.18 Å². The lowest BCUT2D eigenvalue weighted by atomic mass is 9.93. The first kappa shape index (κ1) is 22.5. The number of primary amides is 1. The van der Waals surface area contributed by atoms with E-state index in [1.54, 1.807) is 0 Å². The highest BCUT2D eigenvalue weighted by Gasteiger charge is 2.34. The van der Waals surface area contributed by atoms with Crippen molar-refractivity contribution in [3.63, 3.8) is 0 Å². The van der Waals surface area contributed by atoms with Crippen molar-refractivity contribution in [1.29, 1.82) is 5.26 Å². The average Bonchev–Trinajstić information content (AvgIpc) is 2.82. The summed E-state index contributed by atoms with van der Waals surface area (Å²) in [5.41, 5.74) is 3.51. The van der Waals surface area contributed by atoms with Gasteiger partial charge in [0.05, 0.1) is 28.4 Å². The molecule has 1 aromatic heterocycles. The van der Waals surface area contributed by atoms with Gasteiger partial charge >= 0.3 is 6.18 Å². The maximum absolute atomic E-state index is 14.6. The number of hydrogen-bond acceptors (Lipinski definition) is 5. The molecule has 0 unspecified atom stereocenters. The van der Waals surface area contributed by atoms with Crippen LogP contribution in [0.1, 0.15) is 37.5 Å². The van der Waals surface area contributed by atoms with Crippen molar-refractivity contribution in [3.05, 3.63) is 94.6 Å². The van der Waals surface area contributed by atoms with Crippen LogP contribution in [0.15, 0.2) is 60.8 Å². The number of aromatic nitrogens is 2. The number of ketones is 1. The Hall–Kier alpha value is -4.65. The first-order chi connectivity index (χ1) is 16.1. The minimum Gasteiger partial charge on any atom is -0.366 e. The zero-order chi connectivity index (χ0) is 24.6. The van der Waals surface area contributed by atoms with Crippen LogP contribution in [-0.4, -0.2) is 21.7 Å². The maximum atomic E-state index is 14.6. The van der Waals surface area contributed by atoms with Gasteiger partial charge in [0.25, 0.3) is 0 Å². The van der Waals surface area contributed by atoms with Gasteiger partial charge in [-0.1, -0.05) is 6.07 Å². The standard InChI is InChI=1S/C24H12F4N4O2/c25-19-5-2-12(16-8-14(23(30)34)1-4-18(16)24(26,27)28)7-17(19)22(33)13-3-6-20-21(9-13)32-15(10-29)11-31-20/h1-9,11H,(H2,30,34). The van der Waals surface area contributed by atoms with E-state index in [0.29, 0.717) is 11.6 Å². The largest absolute Gasteiger partial charge is 0.417 e. The summed E-state index contributed by atoms with van der Waals surface area (Å²) in [7, 11) is 0. The number of rotatable bonds is 4. The number of alkyl halides is 3. The van der Waals surface area contributed by atoms with Crippen molar-refractivity contribution >= 4 is 22.7 Å². The number of halogens is 4. The molecule has 0 saturated carbocycles. The number of hydrogen-bond donors (Lipinski definition) is 1. The van der Waals surface area contributed by atoms with Gasteiger partial charge in [-0.2, -0.15) is 18.4 Å². The molecule has 0 aliphatic heterocycles. The monoisotopic (exact) mass is 464 g/mol. The summed E-state index contributed by atoms with van der Waals surface area (Å²) in [6, 6.07) is 11.5. The molecule has 3 aromatic carbocycles. The lowest BCUT2D eigenvalue weighted by molar-refractivity contribution is -0.137. The Kier molecular flexibility index (Phi) is 5.55. The molecule has 4 aromatic rings. The van der Waals surface area contributed by atoms with Gasteiger partial charge in [0.1, 0.15) is 11.9 Å². The van der Waals surface area contributed by atoms with Gasteiger partial charge in [0.2, 0.25) is 5.91 Å². The normalized spacial score (nSPS) is 11.3. The number of carbonyl (C=O) groups excluding carboxylic acids is 2. The Balaban J connectivity index is 1.84. The van der Waals surface area contributed by atoms with E-state index in [-0.39, 0.29) is 27.9 Å². The van der Waals surface area contributed by atoms with Crippen LogP contribution in [-0.2, 0) is 6.18 Å². The summed E-state index contributed by atoms with van der Waals surface area (Å²) in [6.45, 7) is 0. The van der Waals surface area contributed by atoms with E-state index in [2.05, 4.69) is 9.97 Å². The number of nitriles is 1. The van der Waals surface area contributed by atoms with E-state index >= 15 is 0 Å². The van der Waals surface area contributed by atoms with E-state index < -0.39 is 40.4 Å². The lowest BCUT2D eigenvalue weighted by Crippen LogP contribution is -2.14. The molecular weight excluding hydrogens is 452 g/mol. The molecule has 34 heavy (non-hydrogen) atoms. The van der Waals surface area contributed by atoms with Gasteiger partial charge in [-0.05, 0) is 59.7 Å². The molecule has 0 aliphatic rings. The summed E-state index contributed by atoms with van der Waals surface area (Å²) in [5, 5.41) is 8.98. The minimum atomic E-state index is -4.78. The average molecular weight is 464 g/mol. The van der Waals surface area contributed by atoms with Crippen LogP contribution in [0.3, 0.4) is 0 Å². The quantitative estimate of drug-likeness (QED) is 0.349. The minimum absolute atomic E-state index is 0.00475. The third kappa shape index (κ3) is 4.19. The Bertz CT molecular complexity index is 1520. The molecule has 1 amide bonds. The third-order valence-corrected chi connectivity index (χ3v) is 5.05. The van der Waals surface area contributed by atoms with Crippen LogP contribution >= 0.6 is 0 Å². The summed E-state index contributed by atoms with van der Waals surface area (Å²) >= 11 is 0. The highest BCUT2D eigenvalue weighted by Crippen LogP contribution is 2.38. The molecule has 10 heteroatoms. The molecule has 6 nitrogen and oxygen atoms in total. The molecular formula is C24H12F4N4O2. The smallest absolute Gasteiger partial charge is 0.366 e. The van der Waals surface area contributed by atoms with Crippen LogP contribution < -0.4 is 5.73 Å². The van der Waals surface area contributed by atoms with Crippen molar-refractivity contribution < 1.29 is 27.2 Å². The highest BCUT2D eigenvalue weighted by atomic mass is 19.4. The van der Waals surface area contributed by atoms with Gasteiger partial charge in [-0.3, -0.25) is 14.6 Å². The summed E-state index contributed by atoms with van der Waals surface area (Å²) in [6.07, 6.45) is -3.52.